The number of nitrogens with one attached hydrogen (secondary N) is 1. The van der Waals surface area contributed by atoms with Crippen LogP contribution in [-0.4, -0.2) is 50.6 Å². The van der Waals surface area contributed by atoms with E-state index in [-0.39, 0.29) is 11.0 Å². The van der Waals surface area contributed by atoms with Crippen LogP contribution in [0.15, 0.2) is 23.2 Å². The summed E-state index contributed by atoms with van der Waals surface area (Å²) in [4.78, 5) is 4.27. The summed E-state index contributed by atoms with van der Waals surface area (Å²) in [5.74, 6) is 0.381. The number of likely N-dealkylation sites (N-methyl/N-ethyl adjacent to an activating group) is 1. The van der Waals surface area contributed by atoms with Crippen LogP contribution in [0.3, 0.4) is 0 Å². The van der Waals surface area contributed by atoms with E-state index in [9.17, 15) is 8.42 Å². The Morgan fingerprint density at radius 3 is 2.75 bits per heavy atom. The van der Waals surface area contributed by atoms with Crippen LogP contribution in [0.4, 0.5) is 5.82 Å². The largest absolute Gasteiger partial charge is 0.377 e. The molecule has 114 valence electrons. The van der Waals surface area contributed by atoms with E-state index in [0.717, 1.165) is 0 Å². The van der Waals surface area contributed by atoms with Gasteiger partial charge in [0.15, 0.2) is 0 Å². The van der Waals surface area contributed by atoms with E-state index in [1.165, 1.54) is 4.31 Å². The molecular formula is C13H23N3O3S. The molecule has 0 saturated carbocycles. The highest BCUT2D eigenvalue weighted by molar-refractivity contribution is 7.89. The van der Waals surface area contributed by atoms with Gasteiger partial charge >= 0.3 is 0 Å². The Kier molecular flexibility index (Phi) is 6.38. The Labute approximate surface area is 121 Å². The Balaban J connectivity index is 2.87. The fourth-order valence-electron chi connectivity index (χ4n) is 1.60. The molecule has 0 aliphatic carbocycles. The first-order chi connectivity index (χ1) is 9.39. The molecule has 20 heavy (non-hydrogen) atoms. The summed E-state index contributed by atoms with van der Waals surface area (Å²) < 4.78 is 31.7. The molecule has 0 saturated heterocycles. The molecule has 0 unspecified atom stereocenters. The topological polar surface area (TPSA) is 71.5 Å². The van der Waals surface area contributed by atoms with Crippen molar-refractivity contribution in [3.05, 3.63) is 18.3 Å². The van der Waals surface area contributed by atoms with Gasteiger partial charge in [-0.1, -0.05) is 0 Å². The second kappa shape index (κ2) is 7.56. The number of ether oxygens (including phenoxy) is 1. The molecule has 0 spiro atoms. The van der Waals surface area contributed by atoms with Crippen molar-refractivity contribution in [1.29, 1.82) is 0 Å². The van der Waals surface area contributed by atoms with Crippen LogP contribution in [0, 0.1) is 0 Å². The van der Waals surface area contributed by atoms with E-state index >= 15 is 0 Å². The third kappa shape index (κ3) is 4.43. The molecule has 0 fully saturated rings. The van der Waals surface area contributed by atoms with Crippen molar-refractivity contribution in [3.8, 4) is 0 Å². The number of nitrogens with zero attached hydrogens (tertiary/aromatic N) is 2. The fraction of sp³-hybridized carbons (Fsp3) is 0.615. The van der Waals surface area contributed by atoms with Crippen LogP contribution in [0.5, 0.6) is 0 Å². The predicted molar refractivity (Wildman–Crippen MR) is 79.3 cm³/mol. The van der Waals surface area contributed by atoms with Crippen LogP contribution in [0.25, 0.3) is 0 Å². The average molecular weight is 301 g/mol. The lowest BCUT2D eigenvalue weighted by molar-refractivity contribution is 0.0737. The molecule has 0 radical (unpaired) electrons. The number of aromatic nitrogens is 1. The quantitative estimate of drug-likeness (QED) is 0.789. The van der Waals surface area contributed by atoms with E-state index in [2.05, 4.69) is 10.3 Å². The van der Waals surface area contributed by atoms with Crippen LogP contribution < -0.4 is 5.32 Å². The summed E-state index contributed by atoms with van der Waals surface area (Å²) >= 11 is 0. The average Bonchev–Trinajstić information content (AvgIpc) is 2.39. The molecule has 1 rings (SSSR count). The van der Waals surface area contributed by atoms with Gasteiger partial charge in [-0.15, -0.1) is 0 Å². The molecule has 0 aromatic carbocycles. The van der Waals surface area contributed by atoms with Gasteiger partial charge in [0.2, 0.25) is 10.0 Å². The van der Waals surface area contributed by atoms with Crippen molar-refractivity contribution in [2.24, 2.45) is 0 Å². The Hall–Kier alpha value is -1.18. The van der Waals surface area contributed by atoms with Gasteiger partial charge in [-0.3, -0.25) is 0 Å². The maximum Gasteiger partial charge on any atom is 0.246 e. The van der Waals surface area contributed by atoms with Gasteiger partial charge in [0.1, 0.15) is 10.7 Å². The van der Waals surface area contributed by atoms with Crippen molar-refractivity contribution in [1.82, 2.24) is 9.29 Å². The molecule has 0 amide bonds. The van der Waals surface area contributed by atoms with Crippen molar-refractivity contribution < 1.29 is 13.2 Å². The number of hydrogen-bond donors (Lipinski definition) is 1. The number of pyridine rings is 1. The Morgan fingerprint density at radius 1 is 1.45 bits per heavy atom. The monoisotopic (exact) mass is 301 g/mol. The molecule has 1 aromatic rings. The van der Waals surface area contributed by atoms with Crippen molar-refractivity contribution >= 4 is 15.8 Å². The van der Waals surface area contributed by atoms with E-state index < -0.39 is 10.0 Å². The number of anilines is 1. The van der Waals surface area contributed by atoms with Crippen LogP contribution in [-0.2, 0) is 14.8 Å². The zero-order chi connectivity index (χ0) is 15.2. The lowest BCUT2D eigenvalue weighted by Gasteiger charge is -2.19. The van der Waals surface area contributed by atoms with E-state index in [4.69, 9.17) is 4.74 Å². The fourth-order valence-corrected chi connectivity index (χ4v) is 2.87. The molecule has 1 N–H and O–H groups in total. The van der Waals surface area contributed by atoms with Crippen molar-refractivity contribution in [2.45, 2.75) is 31.8 Å². The van der Waals surface area contributed by atoms with Gasteiger partial charge < -0.3 is 10.1 Å². The highest BCUT2D eigenvalue weighted by Crippen LogP contribution is 2.21. The Morgan fingerprint density at radius 2 is 2.15 bits per heavy atom. The van der Waals surface area contributed by atoms with E-state index in [1.54, 1.807) is 25.4 Å². The van der Waals surface area contributed by atoms with Gasteiger partial charge in [0.05, 0.1) is 12.7 Å². The zero-order valence-corrected chi connectivity index (χ0v) is 13.3. The SMILES string of the molecule is CCNc1ncccc1S(=O)(=O)N(C)CCOC(C)C. The summed E-state index contributed by atoms with van der Waals surface area (Å²) in [5, 5.41) is 2.96. The maximum absolute atomic E-state index is 12.5. The molecule has 7 heteroatoms. The molecule has 1 heterocycles. The normalized spacial score (nSPS) is 12.1. The summed E-state index contributed by atoms with van der Waals surface area (Å²) in [6.07, 6.45) is 1.65. The van der Waals surface area contributed by atoms with Gasteiger partial charge in [-0.25, -0.2) is 13.4 Å². The summed E-state index contributed by atoms with van der Waals surface area (Å²) in [5.41, 5.74) is 0. The third-order valence-corrected chi connectivity index (χ3v) is 4.55. The first kappa shape index (κ1) is 16.9. The predicted octanol–water partition coefficient (Wildman–Crippen LogP) is 1.56. The molecule has 6 nitrogen and oxygen atoms in total. The molecule has 0 atom stereocenters. The van der Waals surface area contributed by atoms with Gasteiger partial charge in [-0.2, -0.15) is 4.31 Å². The minimum atomic E-state index is -3.56. The highest BCUT2D eigenvalue weighted by Gasteiger charge is 2.24. The number of hydrogen-bond acceptors (Lipinski definition) is 5. The summed E-state index contributed by atoms with van der Waals surface area (Å²) in [7, 11) is -2.02. The first-order valence-electron chi connectivity index (χ1n) is 6.66. The highest BCUT2D eigenvalue weighted by atomic mass is 32.2. The Bertz CT molecular complexity index is 517. The third-order valence-electron chi connectivity index (χ3n) is 2.66. The molecule has 1 aromatic heterocycles. The minimum absolute atomic E-state index is 0.0850. The minimum Gasteiger partial charge on any atom is -0.377 e. The van der Waals surface area contributed by atoms with Gasteiger partial charge in [0.25, 0.3) is 0 Å². The number of rotatable bonds is 8. The summed E-state index contributed by atoms with van der Waals surface area (Å²) in [6, 6.07) is 3.17. The van der Waals surface area contributed by atoms with Crippen molar-refractivity contribution in [2.75, 3.05) is 32.1 Å². The molecule has 0 aliphatic heterocycles. The second-order valence-electron chi connectivity index (χ2n) is 4.63. The van der Waals surface area contributed by atoms with E-state index in [1.807, 2.05) is 20.8 Å². The van der Waals surface area contributed by atoms with E-state index in [0.29, 0.717) is 25.5 Å². The summed E-state index contributed by atoms with van der Waals surface area (Å²) in [6.45, 7) is 7.01. The standard InChI is InChI=1S/C13H23N3O3S/c1-5-14-13-12(7-6-8-15-13)20(17,18)16(4)9-10-19-11(2)3/h6-8,11H,5,9-10H2,1-4H3,(H,14,15). The first-order valence-corrected chi connectivity index (χ1v) is 8.10. The van der Waals surface area contributed by atoms with Crippen molar-refractivity contribution in [3.63, 3.8) is 0 Å². The maximum atomic E-state index is 12.5. The lowest BCUT2D eigenvalue weighted by Crippen LogP contribution is -2.31. The van der Waals surface area contributed by atoms with Crippen LogP contribution >= 0.6 is 0 Å². The van der Waals surface area contributed by atoms with Gasteiger partial charge in [0, 0.05) is 26.3 Å². The second-order valence-corrected chi connectivity index (χ2v) is 6.64. The van der Waals surface area contributed by atoms with Crippen LogP contribution in [0.2, 0.25) is 0 Å². The zero-order valence-electron chi connectivity index (χ0n) is 12.5. The smallest absolute Gasteiger partial charge is 0.246 e. The number of sulfonamides is 1. The lowest BCUT2D eigenvalue weighted by atomic mass is 10.4. The molecular weight excluding hydrogens is 278 g/mol. The molecule has 0 bridgehead atoms. The van der Waals surface area contributed by atoms with Gasteiger partial charge in [-0.05, 0) is 32.9 Å². The molecule has 0 aliphatic rings. The van der Waals surface area contributed by atoms with Crippen LogP contribution in [0.1, 0.15) is 20.8 Å².